The van der Waals surface area contributed by atoms with Gasteiger partial charge in [-0.15, -0.1) is 0 Å². The Morgan fingerprint density at radius 3 is 1.65 bits per heavy atom. The fourth-order valence-corrected chi connectivity index (χ4v) is 0.813. The van der Waals surface area contributed by atoms with E-state index in [0.29, 0.717) is 19.5 Å². The molecule has 0 aliphatic carbocycles. The molecule has 8 nitrogen and oxygen atoms in total. The Labute approximate surface area is 119 Å². The average Bonchev–Trinajstić information content (AvgIpc) is 2.39. The van der Waals surface area contributed by atoms with E-state index in [2.05, 4.69) is 10.6 Å². The Kier molecular flexibility index (Phi) is 15.0. The van der Waals surface area contributed by atoms with E-state index in [1.54, 1.807) is 12.1 Å². The van der Waals surface area contributed by atoms with Gasteiger partial charge in [0.05, 0.1) is 18.3 Å². The Bertz CT molecular complexity index is 326. The van der Waals surface area contributed by atoms with Crippen LogP contribution in [0.25, 0.3) is 0 Å². The number of rotatable bonds is 7. The highest BCUT2D eigenvalue weighted by Gasteiger charge is 2.00. The molecule has 8 heteroatoms. The summed E-state index contributed by atoms with van der Waals surface area (Å²) < 4.78 is 0. The lowest BCUT2D eigenvalue weighted by molar-refractivity contribution is -0.120. The van der Waals surface area contributed by atoms with Gasteiger partial charge in [-0.05, 0) is 12.8 Å². The smallest absolute Gasteiger partial charge is 0.234 e. The zero-order valence-corrected chi connectivity index (χ0v) is 11.7. The minimum Gasteiger partial charge on any atom is -0.355 e. The van der Waals surface area contributed by atoms with Crippen LogP contribution in [0.1, 0.15) is 32.6 Å². The molecule has 0 unspecified atom stereocenters. The molecule has 0 spiro atoms. The standard InChI is InChI=1S/C9H12N4O2.C3H10N2/c10-4-2-8(14)12-6-1-7-13-9(15)3-5-11;1-2-3(4)5/h1-3,6-7H2,(H,12,14)(H,13,15);3H,2,4-5H2,1H3. The predicted octanol–water partition coefficient (Wildman–Crippen LogP) is -0.924. The largest absolute Gasteiger partial charge is 0.355 e. The summed E-state index contributed by atoms with van der Waals surface area (Å²) in [5.41, 5.74) is 10.1. The van der Waals surface area contributed by atoms with Gasteiger partial charge in [0.15, 0.2) is 0 Å². The van der Waals surface area contributed by atoms with Crippen LogP contribution in [0.4, 0.5) is 0 Å². The monoisotopic (exact) mass is 282 g/mol. The highest BCUT2D eigenvalue weighted by molar-refractivity contribution is 5.78. The van der Waals surface area contributed by atoms with E-state index in [1.165, 1.54) is 0 Å². The van der Waals surface area contributed by atoms with Crippen LogP contribution in [0.15, 0.2) is 0 Å². The molecule has 0 heterocycles. The first-order valence-electron chi connectivity index (χ1n) is 6.26. The van der Waals surface area contributed by atoms with Gasteiger partial charge in [0.1, 0.15) is 12.8 Å². The summed E-state index contributed by atoms with van der Waals surface area (Å²) in [6.07, 6.45) is 1.02. The van der Waals surface area contributed by atoms with Crippen molar-refractivity contribution in [3.05, 3.63) is 0 Å². The lowest BCUT2D eigenvalue weighted by Gasteiger charge is -2.03. The summed E-state index contributed by atoms with van der Waals surface area (Å²) in [6.45, 7) is 2.77. The summed E-state index contributed by atoms with van der Waals surface area (Å²) in [5, 5.41) is 21.4. The Morgan fingerprint density at radius 1 is 1.05 bits per heavy atom. The van der Waals surface area contributed by atoms with Crippen molar-refractivity contribution in [2.45, 2.75) is 38.8 Å². The second kappa shape index (κ2) is 14.9. The fraction of sp³-hybridized carbons (Fsp3) is 0.667. The van der Waals surface area contributed by atoms with Crippen LogP contribution < -0.4 is 22.1 Å². The third-order valence-electron chi connectivity index (χ3n) is 1.95. The molecule has 0 aromatic rings. The summed E-state index contributed by atoms with van der Waals surface area (Å²) in [6, 6.07) is 3.45. The number of hydrogen-bond donors (Lipinski definition) is 4. The molecule has 0 atom stereocenters. The molecule has 0 rings (SSSR count). The third-order valence-corrected chi connectivity index (χ3v) is 1.95. The topological polar surface area (TPSA) is 158 Å². The van der Waals surface area contributed by atoms with Crippen molar-refractivity contribution in [2.24, 2.45) is 11.5 Å². The summed E-state index contributed by atoms with van der Waals surface area (Å²) in [7, 11) is 0. The molecular formula is C12H22N6O2. The van der Waals surface area contributed by atoms with Crippen molar-refractivity contribution in [3.8, 4) is 12.1 Å². The summed E-state index contributed by atoms with van der Waals surface area (Å²) in [5.74, 6) is -0.637. The molecule has 0 aromatic heterocycles. The van der Waals surface area contributed by atoms with Crippen molar-refractivity contribution in [3.63, 3.8) is 0 Å². The number of nitriles is 2. The van der Waals surface area contributed by atoms with Crippen LogP contribution in [-0.2, 0) is 9.59 Å². The first-order chi connectivity index (χ1) is 9.47. The molecule has 0 saturated carbocycles. The van der Waals surface area contributed by atoms with Crippen molar-refractivity contribution >= 4 is 11.8 Å². The van der Waals surface area contributed by atoms with Gasteiger partial charge < -0.3 is 22.1 Å². The molecule has 2 amide bonds. The summed E-state index contributed by atoms with van der Waals surface area (Å²) >= 11 is 0. The highest BCUT2D eigenvalue weighted by atomic mass is 16.2. The average molecular weight is 282 g/mol. The van der Waals surface area contributed by atoms with Gasteiger partial charge in [0, 0.05) is 13.1 Å². The molecule has 0 aliphatic heterocycles. The van der Waals surface area contributed by atoms with Crippen LogP contribution in [0.2, 0.25) is 0 Å². The van der Waals surface area contributed by atoms with E-state index in [9.17, 15) is 9.59 Å². The maximum atomic E-state index is 10.8. The van der Waals surface area contributed by atoms with Gasteiger partial charge in [-0.2, -0.15) is 10.5 Å². The molecule has 0 fully saturated rings. The van der Waals surface area contributed by atoms with E-state index >= 15 is 0 Å². The molecule has 0 radical (unpaired) electrons. The minimum absolute atomic E-state index is 0.116. The molecular weight excluding hydrogens is 260 g/mol. The third kappa shape index (κ3) is 18.2. The molecule has 0 aliphatic rings. The Hall–Kier alpha value is -2.16. The van der Waals surface area contributed by atoms with Crippen LogP contribution in [0.3, 0.4) is 0 Å². The zero-order chi connectivity index (χ0) is 15.8. The van der Waals surface area contributed by atoms with Gasteiger partial charge in [-0.1, -0.05) is 6.92 Å². The number of nitrogens with one attached hydrogen (secondary N) is 2. The van der Waals surface area contributed by atoms with E-state index in [4.69, 9.17) is 22.0 Å². The predicted molar refractivity (Wildman–Crippen MR) is 73.6 cm³/mol. The lowest BCUT2D eigenvalue weighted by Crippen LogP contribution is -2.29. The first-order valence-corrected chi connectivity index (χ1v) is 6.26. The van der Waals surface area contributed by atoms with Crippen LogP contribution in [-0.4, -0.2) is 31.1 Å². The van der Waals surface area contributed by atoms with E-state index in [0.717, 1.165) is 6.42 Å². The van der Waals surface area contributed by atoms with Gasteiger partial charge in [-0.25, -0.2) is 0 Å². The molecule has 112 valence electrons. The van der Waals surface area contributed by atoms with Crippen molar-refractivity contribution in [1.82, 2.24) is 10.6 Å². The fourth-order valence-electron chi connectivity index (χ4n) is 0.813. The second-order valence-corrected chi connectivity index (χ2v) is 3.80. The van der Waals surface area contributed by atoms with Crippen LogP contribution in [0, 0.1) is 22.7 Å². The number of hydrogen-bond acceptors (Lipinski definition) is 6. The van der Waals surface area contributed by atoms with Gasteiger partial charge in [0.25, 0.3) is 0 Å². The number of nitrogens with two attached hydrogens (primary N) is 2. The second-order valence-electron chi connectivity index (χ2n) is 3.80. The van der Waals surface area contributed by atoms with Gasteiger partial charge in [0.2, 0.25) is 11.8 Å². The van der Waals surface area contributed by atoms with Gasteiger partial charge in [-0.3, -0.25) is 9.59 Å². The van der Waals surface area contributed by atoms with Crippen LogP contribution in [0.5, 0.6) is 0 Å². The molecule has 0 bridgehead atoms. The maximum Gasteiger partial charge on any atom is 0.234 e. The summed E-state index contributed by atoms with van der Waals surface area (Å²) in [4.78, 5) is 21.6. The van der Waals surface area contributed by atoms with E-state index in [1.807, 2.05) is 6.92 Å². The van der Waals surface area contributed by atoms with Crippen molar-refractivity contribution < 1.29 is 9.59 Å². The first kappa shape index (κ1) is 20.2. The molecule has 0 aromatic carbocycles. The minimum atomic E-state index is -0.319. The Morgan fingerprint density at radius 2 is 1.40 bits per heavy atom. The Balaban J connectivity index is 0. The molecule has 0 saturated heterocycles. The lowest BCUT2D eigenvalue weighted by atomic mass is 10.3. The zero-order valence-electron chi connectivity index (χ0n) is 11.7. The highest BCUT2D eigenvalue weighted by Crippen LogP contribution is 1.80. The molecule has 6 N–H and O–H groups in total. The normalized spacial score (nSPS) is 8.70. The number of carbonyl (C=O) groups is 2. The van der Waals surface area contributed by atoms with Crippen LogP contribution >= 0.6 is 0 Å². The van der Waals surface area contributed by atoms with Crippen molar-refractivity contribution in [2.75, 3.05) is 13.1 Å². The number of amides is 2. The maximum absolute atomic E-state index is 10.8. The number of carbonyl (C=O) groups excluding carboxylic acids is 2. The quantitative estimate of drug-likeness (QED) is 0.349. The van der Waals surface area contributed by atoms with E-state index < -0.39 is 0 Å². The number of nitrogens with zero attached hydrogens (tertiary/aromatic N) is 2. The van der Waals surface area contributed by atoms with E-state index in [-0.39, 0.29) is 30.8 Å². The van der Waals surface area contributed by atoms with Gasteiger partial charge >= 0.3 is 0 Å². The SMILES string of the molecule is CCC(N)N.N#CCC(=O)NCCCNC(=O)CC#N. The molecule has 20 heavy (non-hydrogen) atoms. The van der Waals surface area contributed by atoms with Crippen molar-refractivity contribution in [1.29, 1.82) is 10.5 Å².